The van der Waals surface area contributed by atoms with Crippen molar-refractivity contribution in [1.82, 2.24) is 10.1 Å². The zero-order valence-corrected chi connectivity index (χ0v) is 14.9. The van der Waals surface area contributed by atoms with Crippen LogP contribution in [-0.2, 0) is 6.61 Å². The summed E-state index contributed by atoms with van der Waals surface area (Å²) in [6, 6.07) is 13.9. The zero-order chi connectivity index (χ0) is 17.8. The number of benzene rings is 2. The lowest BCUT2D eigenvalue weighted by Crippen LogP contribution is -1.98. The number of aryl methyl sites for hydroxylation is 1. The zero-order valence-electron chi connectivity index (χ0n) is 14.9. The summed E-state index contributed by atoms with van der Waals surface area (Å²) >= 11 is 0. The second-order valence-corrected chi connectivity index (χ2v) is 6.25. The second-order valence-electron chi connectivity index (χ2n) is 6.25. The van der Waals surface area contributed by atoms with Gasteiger partial charge in [0.25, 0.3) is 0 Å². The van der Waals surface area contributed by atoms with Crippen molar-refractivity contribution in [3.05, 3.63) is 59.5 Å². The Morgan fingerprint density at radius 2 is 1.80 bits per heavy atom. The Kier molecular flexibility index (Phi) is 5.03. The molecule has 5 nitrogen and oxygen atoms in total. The highest BCUT2D eigenvalue weighted by atomic mass is 16.5. The van der Waals surface area contributed by atoms with E-state index in [1.807, 2.05) is 32.0 Å². The topological polar surface area (TPSA) is 57.4 Å². The molecular formula is C20H22N2O3. The highest BCUT2D eigenvalue weighted by Crippen LogP contribution is 2.32. The van der Waals surface area contributed by atoms with E-state index < -0.39 is 0 Å². The van der Waals surface area contributed by atoms with Crippen LogP contribution in [-0.4, -0.2) is 17.3 Å². The van der Waals surface area contributed by atoms with Crippen LogP contribution in [0.1, 0.15) is 36.8 Å². The maximum atomic E-state index is 5.90. The molecule has 0 aliphatic heterocycles. The first-order valence-electron chi connectivity index (χ1n) is 8.27. The average molecular weight is 338 g/mol. The van der Waals surface area contributed by atoms with Crippen LogP contribution in [0.4, 0.5) is 0 Å². The van der Waals surface area contributed by atoms with Gasteiger partial charge in [0.05, 0.1) is 7.11 Å². The van der Waals surface area contributed by atoms with Crippen molar-refractivity contribution in [3.63, 3.8) is 0 Å². The van der Waals surface area contributed by atoms with Crippen LogP contribution in [0.3, 0.4) is 0 Å². The number of rotatable bonds is 6. The highest BCUT2D eigenvalue weighted by Gasteiger charge is 2.14. The van der Waals surface area contributed by atoms with Crippen molar-refractivity contribution < 1.29 is 14.0 Å². The maximum Gasteiger partial charge on any atom is 0.229 e. The van der Waals surface area contributed by atoms with Gasteiger partial charge in [-0.25, -0.2) is 0 Å². The quantitative estimate of drug-likeness (QED) is 0.649. The standard InChI is InChI=1S/C20H22N2O3/c1-13(2)20-21-19(22-25-20)16-9-10-17(18(11-16)23-4)24-12-15-7-5-14(3)6-8-15/h5-11,13H,12H2,1-4H3. The van der Waals surface area contributed by atoms with Crippen LogP contribution in [0.15, 0.2) is 47.0 Å². The van der Waals surface area contributed by atoms with Crippen molar-refractivity contribution >= 4 is 0 Å². The molecule has 0 saturated carbocycles. The Balaban J connectivity index is 1.77. The Labute approximate surface area is 147 Å². The SMILES string of the molecule is COc1cc(-c2noc(C(C)C)n2)ccc1OCc1ccc(C)cc1. The van der Waals surface area contributed by atoms with Gasteiger partial charge in [0, 0.05) is 11.5 Å². The molecule has 0 unspecified atom stereocenters. The van der Waals surface area contributed by atoms with Gasteiger partial charge < -0.3 is 14.0 Å². The van der Waals surface area contributed by atoms with Gasteiger partial charge >= 0.3 is 0 Å². The van der Waals surface area contributed by atoms with Gasteiger partial charge in [0.2, 0.25) is 11.7 Å². The Hall–Kier alpha value is -2.82. The van der Waals surface area contributed by atoms with E-state index >= 15 is 0 Å². The number of hydrogen-bond donors (Lipinski definition) is 0. The van der Waals surface area contributed by atoms with Crippen LogP contribution >= 0.6 is 0 Å². The van der Waals surface area contributed by atoms with Crippen molar-refractivity contribution in [3.8, 4) is 22.9 Å². The molecule has 5 heteroatoms. The fourth-order valence-corrected chi connectivity index (χ4v) is 2.36. The van der Waals surface area contributed by atoms with E-state index in [1.54, 1.807) is 7.11 Å². The molecule has 0 bridgehead atoms. The number of ether oxygens (including phenoxy) is 2. The second kappa shape index (κ2) is 7.38. The molecule has 0 amide bonds. The monoisotopic (exact) mass is 338 g/mol. The third-order valence-electron chi connectivity index (χ3n) is 3.87. The van der Waals surface area contributed by atoms with Gasteiger partial charge in [0.15, 0.2) is 11.5 Å². The van der Waals surface area contributed by atoms with Gasteiger partial charge in [-0.1, -0.05) is 48.8 Å². The van der Waals surface area contributed by atoms with Gasteiger partial charge in [-0.3, -0.25) is 0 Å². The normalized spacial score (nSPS) is 10.9. The minimum Gasteiger partial charge on any atom is -0.493 e. The molecule has 0 spiro atoms. The van der Waals surface area contributed by atoms with Crippen molar-refractivity contribution in [2.75, 3.05) is 7.11 Å². The van der Waals surface area contributed by atoms with E-state index in [9.17, 15) is 0 Å². The van der Waals surface area contributed by atoms with Gasteiger partial charge in [-0.05, 0) is 30.7 Å². The van der Waals surface area contributed by atoms with E-state index in [1.165, 1.54) is 5.56 Å². The highest BCUT2D eigenvalue weighted by molar-refractivity contribution is 5.60. The summed E-state index contributed by atoms with van der Waals surface area (Å²) in [6.45, 7) is 6.57. The fourth-order valence-electron chi connectivity index (χ4n) is 2.36. The van der Waals surface area contributed by atoms with E-state index in [0.29, 0.717) is 29.8 Å². The molecule has 2 aromatic carbocycles. The lowest BCUT2D eigenvalue weighted by molar-refractivity contribution is 0.284. The number of methoxy groups -OCH3 is 1. The lowest BCUT2D eigenvalue weighted by Gasteiger charge is -2.11. The third kappa shape index (κ3) is 3.99. The van der Waals surface area contributed by atoms with Crippen LogP contribution in [0.25, 0.3) is 11.4 Å². The summed E-state index contributed by atoms with van der Waals surface area (Å²) < 4.78 is 16.6. The first-order valence-corrected chi connectivity index (χ1v) is 8.27. The first kappa shape index (κ1) is 17.0. The number of hydrogen-bond acceptors (Lipinski definition) is 5. The van der Waals surface area contributed by atoms with E-state index in [0.717, 1.165) is 11.1 Å². The van der Waals surface area contributed by atoms with Crippen LogP contribution in [0.2, 0.25) is 0 Å². The smallest absolute Gasteiger partial charge is 0.229 e. The van der Waals surface area contributed by atoms with Crippen molar-refractivity contribution in [2.45, 2.75) is 33.3 Å². The minimum absolute atomic E-state index is 0.195. The first-order chi connectivity index (χ1) is 12.1. The van der Waals surface area contributed by atoms with Gasteiger partial charge in [-0.15, -0.1) is 0 Å². The van der Waals surface area contributed by atoms with Crippen LogP contribution < -0.4 is 9.47 Å². The summed E-state index contributed by atoms with van der Waals surface area (Å²) in [6.07, 6.45) is 0. The molecule has 0 aliphatic carbocycles. The molecule has 25 heavy (non-hydrogen) atoms. The molecule has 0 atom stereocenters. The lowest BCUT2D eigenvalue weighted by atomic mass is 10.1. The molecule has 0 saturated heterocycles. The van der Waals surface area contributed by atoms with Crippen molar-refractivity contribution in [1.29, 1.82) is 0 Å². The number of nitrogens with zero attached hydrogens (tertiary/aromatic N) is 2. The maximum absolute atomic E-state index is 5.90. The Morgan fingerprint density at radius 3 is 2.44 bits per heavy atom. The van der Waals surface area contributed by atoms with Crippen LogP contribution in [0.5, 0.6) is 11.5 Å². The molecule has 1 aromatic heterocycles. The van der Waals surface area contributed by atoms with Crippen molar-refractivity contribution in [2.24, 2.45) is 0 Å². The number of aromatic nitrogens is 2. The van der Waals surface area contributed by atoms with Crippen LogP contribution in [0, 0.1) is 6.92 Å². The fraction of sp³-hybridized carbons (Fsp3) is 0.300. The summed E-state index contributed by atoms with van der Waals surface area (Å²) in [5.74, 6) is 2.68. The van der Waals surface area contributed by atoms with E-state index in [-0.39, 0.29) is 5.92 Å². The minimum atomic E-state index is 0.195. The molecule has 3 rings (SSSR count). The predicted molar refractivity (Wildman–Crippen MR) is 95.9 cm³/mol. The summed E-state index contributed by atoms with van der Waals surface area (Å²) in [4.78, 5) is 4.41. The molecule has 0 radical (unpaired) electrons. The van der Waals surface area contributed by atoms with E-state index in [2.05, 4.69) is 41.3 Å². The van der Waals surface area contributed by atoms with Gasteiger partial charge in [-0.2, -0.15) is 4.98 Å². The predicted octanol–water partition coefficient (Wildman–Crippen LogP) is 4.76. The Morgan fingerprint density at radius 1 is 1.04 bits per heavy atom. The molecule has 0 fully saturated rings. The average Bonchev–Trinajstić information content (AvgIpc) is 3.11. The summed E-state index contributed by atoms with van der Waals surface area (Å²) in [5, 5.41) is 4.03. The summed E-state index contributed by atoms with van der Waals surface area (Å²) in [7, 11) is 1.62. The van der Waals surface area contributed by atoms with Gasteiger partial charge in [0.1, 0.15) is 6.61 Å². The third-order valence-corrected chi connectivity index (χ3v) is 3.87. The largest absolute Gasteiger partial charge is 0.493 e. The molecule has 0 aliphatic rings. The molecule has 130 valence electrons. The molecular weight excluding hydrogens is 316 g/mol. The molecule has 1 heterocycles. The Bertz CT molecular complexity index is 838. The molecule has 3 aromatic rings. The van der Waals surface area contributed by atoms with E-state index in [4.69, 9.17) is 14.0 Å². The molecule has 0 N–H and O–H groups in total. The summed E-state index contributed by atoms with van der Waals surface area (Å²) in [5.41, 5.74) is 3.17.